The van der Waals surface area contributed by atoms with Gasteiger partial charge in [-0.1, -0.05) is 18.2 Å². The molecule has 15 heavy (non-hydrogen) atoms. The maximum atomic E-state index is 11.8. The van der Waals surface area contributed by atoms with Crippen LogP contribution < -0.4 is 9.03 Å². The third-order valence-corrected chi connectivity index (χ3v) is 3.70. The van der Waals surface area contributed by atoms with Crippen molar-refractivity contribution < 1.29 is 4.21 Å². The van der Waals surface area contributed by atoms with Crippen LogP contribution in [0.15, 0.2) is 30.3 Å². The van der Waals surface area contributed by atoms with Crippen LogP contribution in [0.25, 0.3) is 0 Å². The molecule has 2 N–H and O–H groups in total. The molecule has 0 bridgehead atoms. The second-order valence-electron chi connectivity index (χ2n) is 3.95. The van der Waals surface area contributed by atoms with Gasteiger partial charge in [-0.15, -0.1) is 0 Å². The molecule has 0 aliphatic carbocycles. The molecule has 1 aliphatic rings. The molecule has 4 nitrogen and oxygen atoms in total. The van der Waals surface area contributed by atoms with E-state index in [1.807, 2.05) is 44.2 Å². The maximum absolute atomic E-state index is 11.8. The minimum Gasteiger partial charge on any atom is -0.286 e. The lowest BCUT2D eigenvalue weighted by atomic mass is 10.1. The van der Waals surface area contributed by atoms with Crippen molar-refractivity contribution in [2.45, 2.75) is 19.4 Å². The van der Waals surface area contributed by atoms with Crippen LogP contribution in [0.4, 0.5) is 5.69 Å². The van der Waals surface area contributed by atoms with Gasteiger partial charge in [-0.25, -0.2) is 13.2 Å². The Morgan fingerprint density at radius 2 is 1.93 bits per heavy atom. The third kappa shape index (κ3) is 1.68. The van der Waals surface area contributed by atoms with Gasteiger partial charge < -0.3 is 0 Å². The Hall–Kier alpha value is -1.20. The molecule has 5 heteroatoms. The Morgan fingerprint density at radius 1 is 1.33 bits per heavy atom. The highest BCUT2D eigenvalue weighted by Crippen LogP contribution is 2.25. The van der Waals surface area contributed by atoms with Crippen molar-refractivity contribution in [2.75, 3.05) is 4.31 Å². The van der Waals surface area contributed by atoms with Crippen molar-refractivity contribution in [2.24, 2.45) is 0 Å². The van der Waals surface area contributed by atoms with E-state index >= 15 is 0 Å². The van der Waals surface area contributed by atoms with Crippen LogP contribution in [0.2, 0.25) is 0 Å². The Kier molecular flexibility index (Phi) is 2.36. The molecule has 0 spiro atoms. The molecule has 1 fully saturated rings. The predicted molar refractivity (Wildman–Crippen MR) is 62.0 cm³/mol. The molecule has 1 saturated heterocycles. The normalized spacial score (nSPS) is 24.5. The van der Waals surface area contributed by atoms with Gasteiger partial charge in [-0.2, -0.15) is 0 Å². The first-order valence-electron chi connectivity index (χ1n) is 4.66. The first kappa shape index (κ1) is 10.3. The van der Waals surface area contributed by atoms with Crippen LogP contribution in [0.3, 0.4) is 0 Å². The van der Waals surface area contributed by atoms with Crippen molar-refractivity contribution in [1.82, 2.24) is 4.72 Å². The lowest BCUT2D eigenvalue weighted by molar-refractivity contribution is 0.624. The Labute approximate surface area is 91.5 Å². The first-order chi connectivity index (χ1) is 7.02. The number of amidine groups is 1. The van der Waals surface area contributed by atoms with E-state index in [4.69, 9.17) is 5.41 Å². The molecule has 1 aromatic carbocycles. The largest absolute Gasteiger partial charge is 0.286 e. The van der Waals surface area contributed by atoms with Crippen LogP contribution in [0.1, 0.15) is 13.8 Å². The Balaban J connectivity index is 2.40. The summed E-state index contributed by atoms with van der Waals surface area (Å²) in [6, 6.07) is 9.31. The fraction of sp³-hybridized carbons (Fsp3) is 0.300. The summed E-state index contributed by atoms with van der Waals surface area (Å²) in [7, 11) is 0. The molecule has 0 saturated carbocycles. The van der Waals surface area contributed by atoms with Crippen LogP contribution in [0, 0.1) is 5.41 Å². The zero-order valence-electron chi connectivity index (χ0n) is 8.65. The van der Waals surface area contributed by atoms with E-state index in [0.29, 0.717) is 5.84 Å². The van der Waals surface area contributed by atoms with Crippen molar-refractivity contribution >= 4 is 22.7 Å². The molecule has 0 amide bonds. The lowest BCUT2D eigenvalue weighted by Crippen LogP contribution is -2.39. The van der Waals surface area contributed by atoms with Gasteiger partial charge in [0.05, 0.1) is 11.2 Å². The fourth-order valence-corrected chi connectivity index (χ4v) is 2.77. The van der Waals surface area contributed by atoms with Crippen LogP contribution >= 0.6 is 0 Å². The second kappa shape index (κ2) is 3.43. The second-order valence-corrected chi connectivity index (χ2v) is 5.02. The van der Waals surface area contributed by atoms with Crippen molar-refractivity contribution in [3.05, 3.63) is 30.3 Å². The maximum Gasteiger partial charge on any atom is 0.203 e. The summed E-state index contributed by atoms with van der Waals surface area (Å²) in [6.45, 7) is 3.69. The number of benzene rings is 1. The quantitative estimate of drug-likeness (QED) is 0.743. The number of hydrogen-bond acceptors (Lipinski definition) is 2. The zero-order valence-corrected chi connectivity index (χ0v) is 9.47. The zero-order chi connectivity index (χ0) is 11.1. The SMILES string of the molecule is CC1(C)NS(=O)N(c2ccccc2)C1=N. The van der Waals surface area contributed by atoms with Gasteiger partial charge >= 0.3 is 0 Å². The number of para-hydroxylation sites is 1. The molecule has 1 heterocycles. The van der Waals surface area contributed by atoms with E-state index in [-0.39, 0.29) is 0 Å². The fourth-order valence-electron chi connectivity index (χ4n) is 1.44. The highest BCUT2D eigenvalue weighted by molar-refractivity contribution is 7.86. The summed E-state index contributed by atoms with van der Waals surface area (Å²) < 4.78 is 16.2. The number of nitrogens with zero attached hydrogens (tertiary/aromatic N) is 1. The molecule has 1 aromatic rings. The Bertz CT molecular complexity index is 416. The number of anilines is 1. The van der Waals surface area contributed by atoms with E-state index < -0.39 is 16.7 Å². The smallest absolute Gasteiger partial charge is 0.203 e. The summed E-state index contributed by atoms with van der Waals surface area (Å²) >= 11 is -1.35. The summed E-state index contributed by atoms with van der Waals surface area (Å²) in [6.07, 6.45) is 0. The van der Waals surface area contributed by atoms with Crippen LogP contribution in [-0.2, 0) is 11.2 Å². The highest BCUT2D eigenvalue weighted by Gasteiger charge is 2.41. The summed E-state index contributed by atoms with van der Waals surface area (Å²) in [5.41, 5.74) is 0.236. The van der Waals surface area contributed by atoms with E-state index in [9.17, 15) is 4.21 Å². The molecule has 0 radical (unpaired) electrons. The summed E-state index contributed by atoms with van der Waals surface area (Å²) in [4.78, 5) is 0. The number of nitrogens with one attached hydrogen (secondary N) is 2. The van der Waals surface area contributed by atoms with E-state index in [2.05, 4.69) is 4.72 Å². The summed E-state index contributed by atoms with van der Waals surface area (Å²) in [5, 5.41) is 7.95. The van der Waals surface area contributed by atoms with Crippen LogP contribution in [-0.4, -0.2) is 15.6 Å². The average Bonchev–Trinajstić information content (AvgIpc) is 2.38. The predicted octanol–water partition coefficient (Wildman–Crippen LogP) is 1.43. The molecular formula is C10H13N3OS. The van der Waals surface area contributed by atoms with Gasteiger partial charge in [0, 0.05) is 0 Å². The van der Waals surface area contributed by atoms with Crippen molar-refractivity contribution in [1.29, 1.82) is 5.41 Å². The third-order valence-electron chi connectivity index (χ3n) is 2.29. The molecule has 1 aliphatic heterocycles. The minimum atomic E-state index is -1.35. The molecule has 2 rings (SSSR count). The van der Waals surface area contributed by atoms with Gasteiger partial charge in [0.2, 0.25) is 11.2 Å². The van der Waals surface area contributed by atoms with E-state index in [1.165, 1.54) is 4.31 Å². The Morgan fingerprint density at radius 3 is 2.40 bits per heavy atom. The van der Waals surface area contributed by atoms with Gasteiger partial charge in [0.1, 0.15) is 5.84 Å². The van der Waals surface area contributed by atoms with Crippen LogP contribution in [0.5, 0.6) is 0 Å². The van der Waals surface area contributed by atoms with Gasteiger partial charge in [-0.05, 0) is 26.0 Å². The van der Waals surface area contributed by atoms with E-state index in [1.54, 1.807) is 0 Å². The van der Waals surface area contributed by atoms with Crippen molar-refractivity contribution in [3.8, 4) is 0 Å². The van der Waals surface area contributed by atoms with Crippen molar-refractivity contribution in [3.63, 3.8) is 0 Å². The molecule has 1 atom stereocenters. The minimum absolute atomic E-state index is 0.326. The summed E-state index contributed by atoms with van der Waals surface area (Å²) in [5.74, 6) is 0.326. The standard InChI is InChI=1S/C10H13N3OS/c1-10(2)9(11)13(15(14)12-10)8-6-4-3-5-7-8/h3-7,11-12H,1-2H3. The first-order valence-corrected chi connectivity index (χ1v) is 5.77. The highest BCUT2D eigenvalue weighted by atomic mass is 32.2. The van der Waals surface area contributed by atoms with Gasteiger partial charge in [0.25, 0.3) is 0 Å². The van der Waals surface area contributed by atoms with Gasteiger partial charge in [0.15, 0.2) is 0 Å². The molecule has 0 aromatic heterocycles. The number of hydrogen-bond donors (Lipinski definition) is 2. The topological polar surface area (TPSA) is 56.2 Å². The molecular weight excluding hydrogens is 210 g/mol. The molecule has 1 unspecified atom stereocenters. The monoisotopic (exact) mass is 223 g/mol. The van der Waals surface area contributed by atoms with Gasteiger partial charge in [-0.3, -0.25) is 5.41 Å². The molecule has 80 valence electrons. The lowest BCUT2D eigenvalue weighted by Gasteiger charge is -2.18. The number of rotatable bonds is 1. The van der Waals surface area contributed by atoms with E-state index in [0.717, 1.165) is 5.69 Å². The average molecular weight is 223 g/mol.